The fourth-order valence-electron chi connectivity index (χ4n) is 3.57. The van der Waals surface area contributed by atoms with Gasteiger partial charge in [-0.15, -0.1) is 0 Å². The fraction of sp³-hybridized carbons (Fsp3) is 0.348. The van der Waals surface area contributed by atoms with Crippen molar-refractivity contribution in [2.24, 2.45) is 0 Å². The number of benzene rings is 2. The molecule has 3 rings (SSSR count). The Morgan fingerprint density at radius 2 is 1.57 bits per heavy atom. The zero-order valence-electron chi connectivity index (χ0n) is 17.0. The van der Waals surface area contributed by atoms with Crippen LogP contribution in [0.15, 0.2) is 54.6 Å². The minimum absolute atomic E-state index is 0.0150. The van der Waals surface area contributed by atoms with Gasteiger partial charge >= 0.3 is 0 Å². The summed E-state index contributed by atoms with van der Waals surface area (Å²) in [5.41, 5.74) is 1.41. The first-order chi connectivity index (χ1) is 14.4. The lowest BCUT2D eigenvalue weighted by Crippen LogP contribution is -2.50. The van der Waals surface area contributed by atoms with Crippen LogP contribution in [0.1, 0.15) is 29.3 Å². The minimum atomic E-state index is -0.695. The van der Waals surface area contributed by atoms with Gasteiger partial charge in [-0.3, -0.25) is 14.4 Å². The molecule has 1 unspecified atom stereocenters. The number of carbonyl (C=O) groups excluding carboxylic acids is 3. The van der Waals surface area contributed by atoms with Crippen molar-refractivity contribution in [1.29, 1.82) is 0 Å². The van der Waals surface area contributed by atoms with E-state index in [4.69, 9.17) is 11.6 Å². The molecule has 1 heterocycles. The molecule has 0 saturated carbocycles. The second-order valence-electron chi connectivity index (χ2n) is 7.41. The average Bonchev–Trinajstić information content (AvgIpc) is 3.00. The first-order valence-electron chi connectivity index (χ1n) is 10.1. The molecule has 30 heavy (non-hydrogen) atoms. The molecule has 0 bridgehead atoms. The van der Waals surface area contributed by atoms with Crippen molar-refractivity contribution in [2.45, 2.75) is 25.8 Å². The van der Waals surface area contributed by atoms with Gasteiger partial charge in [0.25, 0.3) is 5.91 Å². The molecule has 1 N–H and O–H groups in total. The van der Waals surface area contributed by atoms with Crippen molar-refractivity contribution < 1.29 is 14.4 Å². The summed E-state index contributed by atoms with van der Waals surface area (Å²) >= 11 is 5.91. The third-order valence-corrected chi connectivity index (χ3v) is 5.50. The van der Waals surface area contributed by atoms with Gasteiger partial charge in [0.1, 0.15) is 6.04 Å². The van der Waals surface area contributed by atoms with Crippen LogP contribution in [0.3, 0.4) is 0 Å². The molecule has 2 aromatic carbocycles. The summed E-state index contributed by atoms with van der Waals surface area (Å²) in [6, 6.07) is 15.5. The quantitative estimate of drug-likeness (QED) is 0.797. The zero-order valence-corrected chi connectivity index (χ0v) is 17.8. The monoisotopic (exact) mass is 427 g/mol. The summed E-state index contributed by atoms with van der Waals surface area (Å²) in [5.74, 6) is -0.436. The van der Waals surface area contributed by atoms with E-state index in [0.29, 0.717) is 49.6 Å². The molecule has 158 valence electrons. The van der Waals surface area contributed by atoms with E-state index in [2.05, 4.69) is 5.32 Å². The number of nitrogens with one attached hydrogen (secondary N) is 1. The van der Waals surface area contributed by atoms with Crippen LogP contribution in [0, 0.1) is 0 Å². The molecule has 1 aliphatic heterocycles. The molecule has 0 radical (unpaired) electrons. The van der Waals surface area contributed by atoms with E-state index >= 15 is 0 Å². The van der Waals surface area contributed by atoms with Gasteiger partial charge in [0.15, 0.2) is 0 Å². The minimum Gasteiger partial charge on any atom is -0.341 e. The topological polar surface area (TPSA) is 69.7 Å². The van der Waals surface area contributed by atoms with Gasteiger partial charge in [0.05, 0.1) is 0 Å². The van der Waals surface area contributed by atoms with E-state index in [1.54, 1.807) is 41.0 Å². The van der Waals surface area contributed by atoms with Gasteiger partial charge in [-0.2, -0.15) is 0 Å². The molecule has 1 saturated heterocycles. The van der Waals surface area contributed by atoms with Gasteiger partial charge in [-0.1, -0.05) is 41.9 Å². The van der Waals surface area contributed by atoms with E-state index in [1.165, 1.54) is 0 Å². The average molecular weight is 428 g/mol. The highest BCUT2D eigenvalue weighted by Gasteiger charge is 2.28. The van der Waals surface area contributed by atoms with E-state index < -0.39 is 6.04 Å². The predicted octanol–water partition coefficient (Wildman–Crippen LogP) is 2.76. The summed E-state index contributed by atoms with van der Waals surface area (Å²) < 4.78 is 0. The number of carbonyl (C=O) groups is 3. The molecule has 7 heteroatoms. The summed E-state index contributed by atoms with van der Waals surface area (Å²) in [4.78, 5) is 41.3. The third kappa shape index (κ3) is 5.83. The molecule has 1 atom stereocenters. The number of hydrogen-bond donors (Lipinski definition) is 1. The second kappa shape index (κ2) is 10.3. The second-order valence-corrected chi connectivity index (χ2v) is 7.84. The largest absolute Gasteiger partial charge is 0.341 e. The Morgan fingerprint density at radius 1 is 0.933 bits per heavy atom. The first-order valence-corrected chi connectivity index (χ1v) is 10.5. The summed E-state index contributed by atoms with van der Waals surface area (Å²) in [6.45, 7) is 3.71. The van der Waals surface area contributed by atoms with Gasteiger partial charge in [-0.05, 0) is 36.2 Å². The van der Waals surface area contributed by atoms with Crippen LogP contribution >= 0.6 is 11.6 Å². The SMILES string of the molecule is CC(=O)N1CCCN(C(=O)C(Cc2ccccc2)NC(=O)c2ccc(Cl)cc2)CC1. The van der Waals surface area contributed by atoms with Crippen LogP contribution in [0.4, 0.5) is 0 Å². The van der Waals surface area contributed by atoms with Crippen LogP contribution in [-0.4, -0.2) is 59.7 Å². The van der Waals surface area contributed by atoms with E-state index in [-0.39, 0.29) is 17.7 Å². The Morgan fingerprint density at radius 3 is 2.23 bits per heavy atom. The van der Waals surface area contributed by atoms with E-state index in [0.717, 1.165) is 5.56 Å². The van der Waals surface area contributed by atoms with Crippen LogP contribution in [0.5, 0.6) is 0 Å². The van der Waals surface area contributed by atoms with Crippen LogP contribution in [-0.2, 0) is 16.0 Å². The Bertz CT molecular complexity index is 886. The normalized spacial score (nSPS) is 15.3. The number of amides is 3. The Kier molecular flexibility index (Phi) is 7.46. The van der Waals surface area contributed by atoms with Crippen LogP contribution in [0.2, 0.25) is 5.02 Å². The Balaban J connectivity index is 1.76. The van der Waals surface area contributed by atoms with Gasteiger partial charge in [-0.25, -0.2) is 0 Å². The number of halogens is 1. The lowest BCUT2D eigenvalue weighted by molar-refractivity contribution is -0.134. The van der Waals surface area contributed by atoms with Crippen molar-refractivity contribution in [1.82, 2.24) is 15.1 Å². The lowest BCUT2D eigenvalue weighted by atomic mass is 10.0. The number of rotatable bonds is 5. The molecule has 2 aromatic rings. The zero-order chi connectivity index (χ0) is 21.5. The highest BCUT2D eigenvalue weighted by molar-refractivity contribution is 6.30. The summed E-state index contributed by atoms with van der Waals surface area (Å²) in [7, 11) is 0. The highest BCUT2D eigenvalue weighted by Crippen LogP contribution is 2.13. The van der Waals surface area contributed by atoms with Gasteiger partial charge in [0.2, 0.25) is 11.8 Å². The standard InChI is InChI=1S/C23H26ClN3O3/c1-17(28)26-12-5-13-27(15-14-26)23(30)21(16-18-6-3-2-4-7-18)25-22(29)19-8-10-20(24)11-9-19/h2-4,6-11,21H,5,12-16H2,1H3,(H,25,29). The van der Waals surface area contributed by atoms with Gasteiger partial charge < -0.3 is 15.1 Å². The smallest absolute Gasteiger partial charge is 0.251 e. The summed E-state index contributed by atoms with van der Waals surface area (Å²) in [5, 5.41) is 3.44. The first kappa shape index (κ1) is 21.8. The predicted molar refractivity (Wildman–Crippen MR) is 116 cm³/mol. The van der Waals surface area contributed by atoms with Gasteiger partial charge in [0, 0.05) is 50.1 Å². The Labute approximate surface area is 181 Å². The maximum atomic E-state index is 13.3. The molecule has 1 fully saturated rings. The van der Waals surface area contributed by atoms with Crippen LogP contribution < -0.4 is 5.32 Å². The van der Waals surface area contributed by atoms with Crippen molar-refractivity contribution >= 4 is 29.3 Å². The lowest BCUT2D eigenvalue weighted by Gasteiger charge is -2.27. The third-order valence-electron chi connectivity index (χ3n) is 5.25. The maximum absolute atomic E-state index is 13.3. The summed E-state index contributed by atoms with van der Waals surface area (Å²) in [6.07, 6.45) is 1.11. The fourth-order valence-corrected chi connectivity index (χ4v) is 3.69. The number of hydrogen-bond acceptors (Lipinski definition) is 3. The molecule has 6 nitrogen and oxygen atoms in total. The molecular weight excluding hydrogens is 402 g/mol. The molecule has 0 aliphatic carbocycles. The van der Waals surface area contributed by atoms with Crippen molar-refractivity contribution in [3.63, 3.8) is 0 Å². The molecule has 0 aromatic heterocycles. The van der Waals surface area contributed by atoms with Crippen molar-refractivity contribution in [3.8, 4) is 0 Å². The van der Waals surface area contributed by atoms with E-state index in [1.807, 2.05) is 30.3 Å². The van der Waals surface area contributed by atoms with Crippen LogP contribution in [0.25, 0.3) is 0 Å². The number of nitrogens with zero attached hydrogens (tertiary/aromatic N) is 2. The Hall–Kier alpha value is -2.86. The highest BCUT2D eigenvalue weighted by atomic mass is 35.5. The molecule has 0 spiro atoms. The molecular formula is C23H26ClN3O3. The van der Waals surface area contributed by atoms with E-state index in [9.17, 15) is 14.4 Å². The maximum Gasteiger partial charge on any atom is 0.251 e. The molecule has 3 amide bonds. The van der Waals surface area contributed by atoms with Crippen molar-refractivity contribution in [3.05, 3.63) is 70.7 Å². The molecule has 1 aliphatic rings. The van der Waals surface area contributed by atoms with Crippen molar-refractivity contribution in [2.75, 3.05) is 26.2 Å².